The summed E-state index contributed by atoms with van der Waals surface area (Å²) in [5.41, 5.74) is 2.03. The minimum Gasteiger partial charge on any atom is -0.491 e. The van der Waals surface area contributed by atoms with Crippen LogP contribution >= 0.6 is 0 Å². The zero-order chi connectivity index (χ0) is 18.6. The van der Waals surface area contributed by atoms with Crippen LogP contribution in [0.2, 0.25) is 0 Å². The molecule has 25 heavy (non-hydrogen) atoms. The van der Waals surface area contributed by atoms with Crippen molar-refractivity contribution < 1.29 is 14.3 Å². The maximum atomic E-state index is 12.9. The minimum absolute atomic E-state index is 0.144. The molecule has 0 bridgehead atoms. The fourth-order valence-electron chi connectivity index (χ4n) is 2.56. The summed E-state index contributed by atoms with van der Waals surface area (Å²) < 4.78 is 10.6. The standard InChI is InChI=1S/C18H23N3O4/c1-6-25-17-14(11(2)7-8-19-17)18(23)21(4)10-13-9-20-12(3)16(24-5)15(13)22/h7-9H,6,10H2,1-5H3,(H,20,22). The predicted octanol–water partition coefficient (Wildman–Crippen LogP) is 2.07. The van der Waals surface area contributed by atoms with Crippen LogP contribution in [0.15, 0.2) is 23.3 Å². The van der Waals surface area contributed by atoms with Crippen molar-refractivity contribution in [3.63, 3.8) is 0 Å². The lowest BCUT2D eigenvalue weighted by Crippen LogP contribution is -2.30. The molecule has 0 spiro atoms. The molecule has 0 saturated carbocycles. The largest absolute Gasteiger partial charge is 0.491 e. The molecule has 2 aromatic rings. The molecular formula is C18H23N3O4. The molecule has 0 saturated heterocycles. The van der Waals surface area contributed by atoms with Crippen LogP contribution in [0.3, 0.4) is 0 Å². The summed E-state index contributed by atoms with van der Waals surface area (Å²) in [6.07, 6.45) is 3.20. The first-order valence-corrected chi connectivity index (χ1v) is 7.99. The van der Waals surface area contributed by atoms with Gasteiger partial charge in [-0.15, -0.1) is 0 Å². The van der Waals surface area contributed by atoms with E-state index >= 15 is 0 Å². The second-order valence-electron chi connectivity index (χ2n) is 5.70. The normalized spacial score (nSPS) is 10.4. The van der Waals surface area contributed by atoms with Crippen LogP contribution in [0.25, 0.3) is 0 Å². The number of nitrogens with zero attached hydrogens (tertiary/aromatic N) is 2. The van der Waals surface area contributed by atoms with E-state index < -0.39 is 0 Å². The summed E-state index contributed by atoms with van der Waals surface area (Å²) in [7, 11) is 3.08. The third-order valence-electron chi connectivity index (χ3n) is 3.88. The van der Waals surface area contributed by atoms with E-state index in [9.17, 15) is 9.59 Å². The Balaban J connectivity index is 2.32. The third kappa shape index (κ3) is 3.81. The fraction of sp³-hybridized carbons (Fsp3) is 0.389. The van der Waals surface area contributed by atoms with Gasteiger partial charge >= 0.3 is 0 Å². The van der Waals surface area contributed by atoms with Crippen molar-refractivity contribution in [3.8, 4) is 11.6 Å². The van der Waals surface area contributed by atoms with Crippen LogP contribution in [-0.2, 0) is 6.54 Å². The molecule has 0 aliphatic rings. The van der Waals surface area contributed by atoms with Crippen molar-refractivity contribution in [2.45, 2.75) is 27.3 Å². The molecule has 0 aromatic carbocycles. The van der Waals surface area contributed by atoms with E-state index in [-0.39, 0.29) is 23.6 Å². The van der Waals surface area contributed by atoms with Gasteiger partial charge in [0.05, 0.1) is 26.0 Å². The number of carbonyl (C=O) groups is 1. The van der Waals surface area contributed by atoms with E-state index in [0.717, 1.165) is 5.56 Å². The van der Waals surface area contributed by atoms with Crippen molar-refractivity contribution in [2.24, 2.45) is 0 Å². The Labute approximate surface area is 146 Å². The van der Waals surface area contributed by atoms with Gasteiger partial charge in [0.2, 0.25) is 11.3 Å². The molecule has 0 fully saturated rings. The summed E-state index contributed by atoms with van der Waals surface area (Å²) >= 11 is 0. The molecule has 0 radical (unpaired) electrons. The lowest BCUT2D eigenvalue weighted by molar-refractivity contribution is 0.0778. The van der Waals surface area contributed by atoms with E-state index in [2.05, 4.69) is 9.97 Å². The summed E-state index contributed by atoms with van der Waals surface area (Å²) in [6.45, 7) is 5.97. The molecule has 134 valence electrons. The lowest BCUT2D eigenvalue weighted by atomic mass is 10.1. The molecule has 2 heterocycles. The number of hydrogen-bond acceptors (Lipinski definition) is 5. The number of methoxy groups -OCH3 is 1. The molecule has 0 unspecified atom stereocenters. The zero-order valence-electron chi connectivity index (χ0n) is 15.2. The zero-order valence-corrected chi connectivity index (χ0v) is 15.2. The Hall–Kier alpha value is -2.83. The average Bonchev–Trinajstić information content (AvgIpc) is 2.58. The smallest absolute Gasteiger partial charge is 0.259 e. The van der Waals surface area contributed by atoms with Gasteiger partial charge in [0.15, 0.2) is 5.75 Å². The van der Waals surface area contributed by atoms with Crippen LogP contribution in [0.4, 0.5) is 0 Å². The highest BCUT2D eigenvalue weighted by Gasteiger charge is 2.22. The van der Waals surface area contributed by atoms with Crippen LogP contribution in [0.5, 0.6) is 11.6 Å². The molecule has 0 aliphatic carbocycles. The Kier molecular flexibility index (Phi) is 5.80. The number of aromatic amines is 1. The molecule has 0 aliphatic heterocycles. The first kappa shape index (κ1) is 18.5. The number of amides is 1. The van der Waals surface area contributed by atoms with Gasteiger partial charge < -0.3 is 19.4 Å². The minimum atomic E-state index is -0.256. The van der Waals surface area contributed by atoms with E-state index in [4.69, 9.17) is 9.47 Å². The highest BCUT2D eigenvalue weighted by molar-refractivity contribution is 5.97. The van der Waals surface area contributed by atoms with Gasteiger partial charge in [-0.2, -0.15) is 0 Å². The van der Waals surface area contributed by atoms with Crippen molar-refractivity contribution >= 4 is 5.91 Å². The quantitative estimate of drug-likeness (QED) is 0.866. The third-order valence-corrected chi connectivity index (χ3v) is 3.88. The second-order valence-corrected chi connectivity index (χ2v) is 5.70. The van der Waals surface area contributed by atoms with Gasteiger partial charge in [-0.3, -0.25) is 9.59 Å². The number of H-pyrrole nitrogens is 1. The van der Waals surface area contributed by atoms with Gasteiger partial charge in [-0.1, -0.05) is 0 Å². The predicted molar refractivity (Wildman–Crippen MR) is 94.3 cm³/mol. The van der Waals surface area contributed by atoms with Crippen LogP contribution in [-0.4, -0.2) is 41.5 Å². The summed E-state index contributed by atoms with van der Waals surface area (Å²) in [5.74, 6) is 0.300. The highest BCUT2D eigenvalue weighted by Crippen LogP contribution is 2.21. The number of rotatable bonds is 6. The summed E-state index contributed by atoms with van der Waals surface area (Å²) in [6, 6.07) is 1.76. The summed E-state index contributed by atoms with van der Waals surface area (Å²) in [4.78, 5) is 33.9. The number of ether oxygens (including phenoxy) is 2. The maximum absolute atomic E-state index is 12.9. The van der Waals surface area contributed by atoms with E-state index in [1.54, 1.807) is 32.4 Å². The van der Waals surface area contributed by atoms with E-state index in [1.165, 1.54) is 12.0 Å². The number of pyridine rings is 2. The van der Waals surface area contributed by atoms with Gasteiger partial charge in [-0.05, 0) is 32.4 Å². The van der Waals surface area contributed by atoms with Crippen LogP contribution < -0.4 is 14.9 Å². The van der Waals surface area contributed by atoms with E-state index in [0.29, 0.717) is 29.3 Å². The van der Waals surface area contributed by atoms with Crippen molar-refractivity contribution in [1.82, 2.24) is 14.9 Å². The first-order chi connectivity index (χ1) is 11.9. The van der Waals surface area contributed by atoms with Crippen LogP contribution in [0, 0.1) is 13.8 Å². The second kappa shape index (κ2) is 7.83. The first-order valence-electron chi connectivity index (χ1n) is 7.99. The molecule has 1 N–H and O–H groups in total. The molecule has 2 rings (SSSR count). The number of carbonyl (C=O) groups excluding carboxylic acids is 1. The molecule has 1 amide bonds. The van der Waals surface area contributed by atoms with Gasteiger partial charge in [-0.25, -0.2) is 4.98 Å². The molecule has 0 atom stereocenters. The van der Waals surface area contributed by atoms with Gasteiger partial charge in [0.25, 0.3) is 5.91 Å². The van der Waals surface area contributed by atoms with E-state index in [1.807, 2.05) is 13.8 Å². The topological polar surface area (TPSA) is 84.5 Å². The van der Waals surface area contributed by atoms with Crippen LogP contribution in [0.1, 0.15) is 34.1 Å². The highest BCUT2D eigenvalue weighted by atomic mass is 16.5. The van der Waals surface area contributed by atoms with Gasteiger partial charge in [0.1, 0.15) is 5.56 Å². The molecule has 7 nitrogen and oxygen atoms in total. The lowest BCUT2D eigenvalue weighted by Gasteiger charge is -2.20. The van der Waals surface area contributed by atoms with Crippen molar-refractivity contribution in [3.05, 3.63) is 51.1 Å². The van der Waals surface area contributed by atoms with Gasteiger partial charge in [0, 0.05) is 25.0 Å². The Morgan fingerprint density at radius 3 is 2.72 bits per heavy atom. The number of aryl methyl sites for hydroxylation is 2. The number of hydrogen-bond donors (Lipinski definition) is 1. The fourth-order valence-corrected chi connectivity index (χ4v) is 2.56. The SMILES string of the molecule is CCOc1nccc(C)c1C(=O)N(C)Cc1c[nH]c(C)c(OC)c1=O. The Morgan fingerprint density at radius 2 is 2.08 bits per heavy atom. The molecule has 7 heteroatoms. The van der Waals surface area contributed by atoms with Crippen molar-refractivity contribution in [1.29, 1.82) is 0 Å². The maximum Gasteiger partial charge on any atom is 0.259 e. The Morgan fingerprint density at radius 1 is 1.36 bits per heavy atom. The summed E-state index contributed by atoms with van der Waals surface area (Å²) in [5, 5.41) is 0. The molecule has 2 aromatic heterocycles. The number of aromatic nitrogens is 2. The monoisotopic (exact) mass is 345 g/mol. The molecular weight excluding hydrogens is 322 g/mol. The number of nitrogens with one attached hydrogen (secondary N) is 1. The average molecular weight is 345 g/mol. The van der Waals surface area contributed by atoms with Crippen molar-refractivity contribution in [2.75, 3.05) is 20.8 Å². The Bertz CT molecular complexity index is 830.